The Hall–Kier alpha value is -0.280. The lowest BCUT2D eigenvalue weighted by atomic mass is 10.2. The molecule has 2 atom stereocenters. The second-order valence-corrected chi connectivity index (χ2v) is 3.44. The average Bonchev–Trinajstić information content (AvgIpc) is 2.03. The van der Waals surface area contributed by atoms with E-state index in [1.54, 1.807) is 4.90 Å². The van der Waals surface area contributed by atoms with Crippen LogP contribution in [0, 0.1) is 0 Å². The summed E-state index contributed by atoms with van der Waals surface area (Å²) in [5.74, 6) is 0.0641. The summed E-state index contributed by atoms with van der Waals surface area (Å²) in [6, 6.07) is 0.306. The molecule has 0 aromatic heterocycles. The van der Waals surface area contributed by atoms with Crippen LogP contribution >= 0.6 is 11.6 Å². The molecule has 3 nitrogen and oxygen atoms in total. The molecule has 0 N–H and O–H groups in total. The van der Waals surface area contributed by atoms with Crippen molar-refractivity contribution < 1.29 is 9.53 Å². The van der Waals surface area contributed by atoms with Crippen molar-refractivity contribution in [1.29, 1.82) is 0 Å². The number of morpholine rings is 1. The first-order valence-electron chi connectivity index (χ1n) is 4.11. The van der Waals surface area contributed by atoms with Crippen LogP contribution in [0.25, 0.3) is 0 Å². The van der Waals surface area contributed by atoms with Gasteiger partial charge < -0.3 is 9.64 Å². The molecule has 1 aliphatic rings. The predicted octanol–water partition coefficient (Wildman–Crippen LogP) is 0.861. The van der Waals surface area contributed by atoms with Gasteiger partial charge in [0.1, 0.15) is 5.88 Å². The Bertz CT molecular complexity index is 164. The van der Waals surface area contributed by atoms with Gasteiger partial charge in [-0.15, -0.1) is 11.6 Å². The molecular formula is C8H14ClNO2. The van der Waals surface area contributed by atoms with E-state index in [0.29, 0.717) is 13.2 Å². The molecule has 0 aromatic carbocycles. The van der Waals surface area contributed by atoms with Gasteiger partial charge in [-0.3, -0.25) is 4.79 Å². The molecule has 12 heavy (non-hydrogen) atoms. The highest BCUT2D eigenvalue weighted by atomic mass is 35.5. The molecule has 1 rings (SSSR count). The van der Waals surface area contributed by atoms with E-state index in [9.17, 15) is 4.79 Å². The first-order valence-corrected chi connectivity index (χ1v) is 4.65. The van der Waals surface area contributed by atoms with E-state index < -0.39 is 0 Å². The highest BCUT2D eigenvalue weighted by Gasteiger charge is 2.28. The second kappa shape index (κ2) is 4.10. The lowest BCUT2D eigenvalue weighted by Gasteiger charge is -2.38. The third kappa shape index (κ3) is 1.90. The van der Waals surface area contributed by atoms with Gasteiger partial charge >= 0.3 is 0 Å². The van der Waals surface area contributed by atoms with E-state index in [0.717, 1.165) is 0 Å². The van der Waals surface area contributed by atoms with Crippen molar-refractivity contribution in [1.82, 2.24) is 4.90 Å². The Balaban J connectivity index is 2.62. The molecule has 0 aromatic rings. The number of rotatable bonds is 1. The SMILES string of the molecule is CC1COCC(C)N1C(=O)CCl. The molecular weight excluding hydrogens is 178 g/mol. The van der Waals surface area contributed by atoms with E-state index in [1.165, 1.54) is 0 Å². The molecule has 1 saturated heterocycles. The molecule has 0 radical (unpaired) electrons. The fraction of sp³-hybridized carbons (Fsp3) is 0.875. The normalized spacial score (nSPS) is 30.4. The molecule has 1 aliphatic heterocycles. The van der Waals surface area contributed by atoms with Crippen LogP contribution < -0.4 is 0 Å². The number of carbonyl (C=O) groups is 1. The smallest absolute Gasteiger partial charge is 0.238 e. The van der Waals surface area contributed by atoms with Gasteiger partial charge in [-0.25, -0.2) is 0 Å². The molecule has 70 valence electrons. The summed E-state index contributed by atoms with van der Waals surface area (Å²) in [7, 11) is 0. The predicted molar refractivity (Wildman–Crippen MR) is 47.3 cm³/mol. The molecule has 1 fully saturated rings. The minimum atomic E-state index is -0.0000309. The average molecular weight is 192 g/mol. The largest absolute Gasteiger partial charge is 0.377 e. The molecule has 0 aliphatic carbocycles. The van der Waals surface area contributed by atoms with E-state index in [4.69, 9.17) is 16.3 Å². The van der Waals surface area contributed by atoms with E-state index >= 15 is 0 Å². The van der Waals surface area contributed by atoms with Gasteiger partial charge in [0.15, 0.2) is 0 Å². The monoisotopic (exact) mass is 191 g/mol. The van der Waals surface area contributed by atoms with Crippen LogP contribution in [0.5, 0.6) is 0 Å². The highest BCUT2D eigenvalue weighted by Crippen LogP contribution is 2.13. The quantitative estimate of drug-likeness (QED) is 0.576. The van der Waals surface area contributed by atoms with Gasteiger partial charge in [0.25, 0.3) is 0 Å². The molecule has 0 bridgehead atoms. The van der Waals surface area contributed by atoms with Crippen LogP contribution in [0.4, 0.5) is 0 Å². The van der Waals surface area contributed by atoms with Crippen molar-refractivity contribution in [2.75, 3.05) is 19.1 Å². The molecule has 0 spiro atoms. The van der Waals surface area contributed by atoms with Gasteiger partial charge in [-0.05, 0) is 13.8 Å². The van der Waals surface area contributed by atoms with E-state index in [-0.39, 0.29) is 23.9 Å². The van der Waals surface area contributed by atoms with Crippen molar-refractivity contribution in [2.45, 2.75) is 25.9 Å². The number of amides is 1. The van der Waals surface area contributed by atoms with Crippen LogP contribution in [0.3, 0.4) is 0 Å². The van der Waals surface area contributed by atoms with Crippen LogP contribution in [0.1, 0.15) is 13.8 Å². The lowest BCUT2D eigenvalue weighted by Crippen LogP contribution is -2.52. The Labute approximate surface area is 77.6 Å². The molecule has 1 amide bonds. The zero-order chi connectivity index (χ0) is 9.14. The number of alkyl halides is 1. The fourth-order valence-electron chi connectivity index (χ4n) is 1.56. The van der Waals surface area contributed by atoms with Crippen LogP contribution in [0.15, 0.2) is 0 Å². The molecule has 1 heterocycles. The summed E-state index contributed by atoms with van der Waals surface area (Å²) in [6.45, 7) is 5.18. The summed E-state index contributed by atoms with van der Waals surface area (Å²) in [4.78, 5) is 13.1. The summed E-state index contributed by atoms with van der Waals surface area (Å²) < 4.78 is 5.28. The third-order valence-electron chi connectivity index (χ3n) is 2.07. The van der Waals surface area contributed by atoms with Crippen LogP contribution in [-0.4, -0.2) is 42.0 Å². The summed E-state index contributed by atoms with van der Waals surface area (Å²) in [6.07, 6.45) is 0. The minimum absolute atomic E-state index is 0.0000309. The molecule has 4 heteroatoms. The third-order valence-corrected chi connectivity index (χ3v) is 2.30. The minimum Gasteiger partial charge on any atom is -0.377 e. The Morgan fingerprint density at radius 2 is 2.00 bits per heavy atom. The summed E-state index contributed by atoms with van der Waals surface area (Å²) >= 11 is 5.48. The number of halogens is 1. The zero-order valence-corrected chi connectivity index (χ0v) is 8.17. The van der Waals surface area contributed by atoms with Gasteiger partial charge in [0, 0.05) is 0 Å². The maximum atomic E-state index is 11.3. The first kappa shape index (κ1) is 9.81. The van der Waals surface area contributed by atoms with Crippen LogP contribution in [-0.2, 0) is 9.53 Å². The molecule has 0 saturated carbocycles. The second-order valence-electron chi connectivity index (χ2n) is 3.17. The standard InChI is InChI=1S/C8H14ClNO2/c1-6-4-12-5-7(2)10(6)8(11)3-9/h6-7H,3-5H2,1-2H3. The van der Waals surface area contributed by atoms with Gasteiger partial charge in [-0.1, -0.05) is 0 Å². The summed E-state index contributed by atoms with van der Waals surface area (Å²) in [5, 5.41) is 0. The van der Waals surface area contributed by atoms with Crippen molar-refractivity contribution in [2.24, 2.45) is 0 Å². The maximum Gasteiger partial charge on any atom is 0.238 e. The van der Waals surface area contributed by atoms with Crippen LogP contribution in [0.2, 0.25) is 0 Å². The summed E-state index contributed by atoms with van der Waals surface area (Å²) in [5.41, 5.74) is 0. The first-order chi connectivity index (χ1) is 5.66. The number of nitrogens with zero attached hydrogens (tertiary/aromatic N) is 1. The Morgan fingerprint density at radius 3 is 2.42 bits per heavy atom. The number of carbonyl (C=O) groups excluding carboxylic acids is 1. The van der Waals surface area contributed by atoms with Crippen molar-refractivity contribution in [3.63, 3.8) is 0 Å². The maximum absolute atomic E-state index is 11.3. The van der Waals surface area contributed by atoms with Gasteiger partial charge in [0.05, 0.1) is 25.3 Å². The topological polar surface area (TPSA) is 29.5 Å². The van der Waals surface area contributed by atoms with Crippen molar-refractivity contribution in [3.8, 4) is 0 Å². The molecule has 2 unspecified atom stereocenters. The number of hydrogen-bond donors (Lipinski definition) is 0. The highest BCUT2D eigenvalue weighted by molar-refractivity contribution is 6.27. The van der Waals surface area contributed by atoms with E-state index in [1.807, 2.05) is 13.8 Å². The lowest BCUT2D eigenvalue weighted by molar-refractivity contribution is -0.141. The van der Waals surface area contributed by atoms with Crippen molar-refractivity contribution >= 4 is 17.5 Å². The number of ether oxygens (including phenoxy) is 1. The fourth-order valence-corrected chi connectivity index (χ4v) is 1.70. The van der Waals surface area contributed by atoms with Gasteiger partial charge in [0.2, 0.25) is 5.91 Å². The zero-order valence-electron chi connectivity index (χ0n) is 7.42. The Morgan fingerprint density at radius 1 is 1.50 bits per heavy atom. The van der Waals surface area contributed by atoms with Gasteiger partial charge in [-0.2, -0.15) is 0 Å². The number of hydrogen-bond acceptors (Lipinski definition) is 2. The van der Waals surface area contributed by atoms with Crippen molar-refractivity contribution in [3.05, 3.63) is 0 Å². The van der Waals surface area contributed by atoms with E-state index in [2.05, 4.69) is 0 Å². The Kier molecular flexibility index (Phi) is 3.35.